The first-order valence-corrected chi connectivity index (χ1v) is 20.9. The molecule has 1 saturated carbocycles. The lowest BCUT2D eigenvalue weighted by Crippen LogP contribution is -2.56. The van der Waals surface area contributed by atoms with Gasteiger partial charge in [-0.2, -0.15) is 0 Å². The summed E-state index contributed by atoms with van der Waals surface area (Å²) in [4.78, 5) is 0. The van der Waals surface area contributed by atoms with Crippen molar-refractivity contribution in [1.29, 1.82) is 0 Å². The fraction of sp³-hybridized carbons (Fsp3) is 0.946. The average Bonchev–Trinajstić information content (AvgIpc) is 4.09. The molecule has 0 spiro atoms. The summed E-state index contributed by atoms with van der Waals surface area (Å²) in [5, 5.41) is 103. The zero-order chi connectivity index (χ0) is 46.8. The summed E-state index contributed by atoms with van der Waals surface area (Å²) in [6.45, 7) is 6.14. The van der Waals surface area contributed by atoms with Gasteiger partial charge in [0.05, 0.1) is 57.5 Å². The Morgan fingerprint density at radius 3 is 1.57 bits per heavy atom. The van der Waals surface area contributed by atoms with E-state index in [0.29, 0.717) is 12.8 Å². The van der Waals surface area contributed by atoms with Crippen molar-refractivity contribution < 1.29 is 98.8 Å². The Morgan fingerprint density at radius 2 is 1.17 bits per heavy atom. The SMILES string of the molecule is [B][C@@H]1O[C@@]2(C(C)O)CO[C@@H]1[C@@H]2O.[B][C@@H]1O[C@@]2(CO)CC(=C)[C@@H]1[C@H]2O.[B][C@@H]1O[C@@]2(CO)CC(N)O[C@@H]1[C@@H]2O.[B][C@@H]1O[C@@]2(CO)[C@H](C)O[C@@H]1[C@@H]2O.[B][C@@H]1O[C@@]2(CO)[C@H](CCO)O[C@@H]1[C@@H]2O. The second kappa shape index (κ2) is 19.3. The van der Waals surface area contributed by atoms with Crippen molar-refractivity contribution in [2.75, 3.05) is 39.6 Å². The Morgan fingerprint density at radius 1 is 0.651 bits per heavy atom. The normalized spacial score (nSPS) is 54.1. The molecule has 26 heteroatoms. The van der Waals surface area contributed by atoms with Crippen LogP contribution in [-0.2, 0) is 42.6 Å². The van der Waals surface area contributed by atoms with Gasteiger partial charge < -0.3 is 105 Å². The lowest BCUT2D eigenvalue weighted by Gasteiger charge is -2.37. The van der Waals surface area contributed by atoms with Gasteiger partial charge in [-0.15, -0.1) is 0 Å². The topological polar surface area (TPSA) is 332 Å². The van der Waals surface area contributed by atoms with E-state index in [2.05, 4.69) is 6.58 Å². The van der Waals surface area contributed by atoms with Gasteiger partial charge in [0.25, 0.3) is 0 Å². The Balaban J connectivity index is 0.000000131. The molecule has 10 aliphatic rings. The summed E-state index contributed by atoms with van der Waals surface area (Å²) < 4.78 is 47.5. The number of hydrogen-bond acceptors (Lipinski definition) is 21. The minimum Gasteiger partial charge on any atom is -0.396 e. The van der Waals surface area contributed by atoms with Crippen molar-refractivity contribution in [1.82, 2.24) is 0 Å². The molecule has 10 fully saturated rings. The van der Waals surface area contributed by atoms with E-state index in [9.17, 15) is 35.7 Å². The summed E-state index contributed by atoms with van der Waals surface area (Å²) >= 11 is 0. The van der Waals surface area contributed by atoms with Gasteiger partial charge in [0, 0.05) is 55.4 Å². The van der Waals surface area contributed by atoms with Crippen molar-refractivity contribution in [3.05, 3.63) is 12.2 Å². The highest BCUT2D eigenvalue weighted by Crippen LogP contribution is 2.50. The minimum absolute atomic E-state index is 0.0789. The molecule has 63 heavy (non-hydrogen) atoms. The number of aliphatic hydroxyl groups excluding tert-OH is 11. The van der Waals surface area contributed by atoms with E-state index in [-0.39, 0.29) is 58.1 Å². The van der Waals surface area contributed by atoms with Crippen LogP contribution in [0, 0.1) is 5.92 Å². The van der Waals surface area contributed by atoms with Crippen LogP contribution < -0.4 is 5.73 Å². The van der Waals surface area contributed by atoms with Crippen LogP contribution >= 0.6 is 0 Å². The van der Waals surface area contributed by atoms with Gasteiger partial charge >= 0.3 is 0 Å². The highest BCUT2D eigenvalue weighted by atomic mass is 16.7. The molecule has 9 aliphatic heterocycles. The van der Waals surface area contributed by atoms with E-state index in [1.165, 1.54) is 0 Å². The third-order valence-corrected chi connectivity index (χ3v) is 14.0. The van der Waals surface area contributed by atoms with Crippen LogP contribution in [0.4, 0.5) is 0 Å². The van der Waals surface area contributed by atoms with Crippen molar-refractivity contribution in [3.8, 4) is 0 Å². The standard InChI is InChI=1S/C8H13BO5.C8H11BO3.C7H12BNO4.2C7H11BO4/c9-7-5-6(12)8(3-11,14-7)4(13-5)1-2-10;1-4-2-8(3-10)6(11)5(4)7(9)12-8;8-6-4-5(11)7(2-10,13-6)1-3(9)12-4;1-3(9)7-2-11-4(5(7)10)6(8)12-7;1-3-7(2-9)5(10)4(11-3)6(8)12-7/h4-7,10-12H,1-3H2;5-7,10-11H,1-3H2;3-6,10-11H,1-2,9H2;2*3-6,9-10H,2H2,1H3/t4-,5+,6-,7+,8-;5-,6-,7-,8-;2*3?,4-,5+,6-,7-;3-,4+,5-,6+,7-/m01110/s1. The molecule has 2 unspecified atom stereocenters. The lowest BCUT2D eigenvalue weighted by molar-refractivity contribution is -0.183. The van der Waals surface area contributed by atoms with Crippen LogP contribution in [0.2, 0.25) is 0 Å². The van der Waals surface area contributed by atoms with Crippen LogP contribution in [0.25, 0.3) is 0 Å². The quantitative estimate of drug-likeness (QED) is 0.0834. The third-order valence-electron chi connectivity index (χ3n) is 14.0. The Labute approximate surface area is 371 Å². The summed E-state index contributed by atoms with van der Waals surface area (Å²) in [6, 6.07) is -3.16. The highest BCUT2D eigenvalue weighted by Gasteiger charge is 2.66. The first kappa shape index (κ1) is 51.6. The molecule has 24 atom stereocenters. The summed E-state index contributed by atoms with van der Waals surface area (Å²) in [6.07, 6.45) is -7.34. The highest BCUT2D eigenvalue weighted by molar-refractivity contribution is 6.13. The van der Waals surface area contributed by atoms with Crippen molar-refractivity contribution >= 4 is 39.2 Å². The predicted molar refractivity (Wildman–Crippen MR) is 216 cm³/mol. The summed E-state index contributed by atoms with van der Waals surface area (Å²) in [5.41, 5.74) is 1.42. The zero-order valence-corrected chi connectivity index (χ0v) is 35.1. The molecule has 10 rings (SSSR count). The number of nitrogens with two attached hydrogens (primary N) is 1. The van der Waals surface area contributed by atoms with E-state index < -0.39 is 131 Å². The maximum atomic E-state index is 9.78. The zero-order valence-electron chi connectivity index (χ0n) is 35.1. The lowest BCUT2D eigenvalue weighted by atomic mass is 9.83. The third kappa shape index (κ3) is 8.47. The van der Waals surface area contributed by atoms with Crippen LogP contribution in [0.3, 0.4) is 0 Å². The van der Waals surface area contributed by atoms with E-state index >= 15 is 0 Å². The van der Waals surface area contributed by atoms with Crippen LogP contribution in [-0.4, -0.2) is 273 Å². The predicted octanol–water partition coefficient (Wildman–Crippen LogP) is -8.61. The smallest absolute Gasteiger partial charge is 0.145 e. The van der Waals surface area contributed by atoms with Crippen LogP contribution in [0.5, 0.6) is 0 Å². The van der Waals surface area contributed by atoms with Gasteiger partial charge in [0.1, 0.15) is 122 Å². The largest absolute Gasteiger partial charge is 0.396 e. The summed E-state index contributed by atoms with van der Waals surface area (Å²) in [7, 11) is 27.7. The van der Waals surface area contributed by atoms with Crippen LogP contribution in [0.1, 0.15) is 33.1 Å². The molecule has 9 saturated heterocycles. The van der Waals surface area contributed by atoms with E-state index in [4.69, 9.17) is 108 Å². The van der Waals surface area contributed by atoms with Gasteiger partial charge in [-0.3, -0.25) is 0 Å². The molecule has 10 radical (unpaired) electrons. The Kier molecular flexibility index (Phi) is 15.8. The first-order valence-electron chi connectivity index (χ1n) is 20.9. The van der Waals surface area contributed by atoms with Gasteiger partial charge in [0.15, 0.2) is 0 Å². The second-order valence-electron chi connectivity index (χ2n) is 17.8. The molecule has 1 aliphatic carbocycles. The fourth-order valence-electron chi connectivity index (χ4n) is 10.2. The molecule has 346 valence electrons. The maximum Gasteiger partial charge on any atom is 0.145 e. The van der Waals surface area contributed by atoms with Gasteiger partial charge in [-0.05, 0) is 20.3 Å². The van der Waals surface area contributed by atoms with Crippen molar-refractivity contribution in [2.45, 2.75) is 171 Å². The monoisotopic (exact) mass is 891 g/mol. The first-order chi connectivity index (χ1) is 29.5. The number of ether oxygens (including phenoxy) is 9. The van der Waals surface area contributed by atoms with E-state index in [1.54, 1.807) is 13.8 Å². The Hall–Kier alpha value is -0.775. The molecule has 0 aromatic rings. The van der Waals surface area contributed by atoms with Crippen molar-refractivity contribution in [2.24, 2.45) is 11.7 Å². The second-order valence-corrected chi connectivity index (χ2v) is 17.8. The molecule has 9 heterocycles. The maximum absolute atomic E-state index is 9.78. The number of fused-ring (bicyclic) bond motifs is 10. The van der Waals surface area contributed by atoms with Gasteiger partial charge in [-0.25, -0.2) is 0 Å². The molecule has 13 N–H and O–H groups in total. The van der Waals surface area contributed by atoms with Gasteiger partial charge in [0.2, 0.25) is 0 Å². The molecule has 10 bridgehead atoms. The van der Waals surface area contributed by atoms with Crippen molar-refractivity contribution in [3.63, 3.8) is 0 Å². The molecule has 0 aromatic heterocycles. The van der Waals surface area contributed by atoms with Gasteiger partial charge in [-0.1, -0.05) is 12.2 Å². The van der Waals surface area contributed by atoms with Crippen LogP contribution in [0.15, 0.2) is 12.2 Å². The molecular weight excluding hydrogens is 832 g/mol. The average molecular weight is 891 g/mol. The molecule has 0 amide bonds. The molecule has 0 aromatic carbocycles. The molecule has 21 nitrogen and oxygen atoms in total. The number of rotatable bonds is 7. The molecular formula is C37H58B5NO20. The summed E-state index contributed by atoms with van der Waals surface area (Å²) in [5.74, 6) is -0.197. The van der Waals surface area contributed by atoms with E-state index in [1.807, 2.05) is 0 Å². The van der Waals surface area contributed by atoms with E-state index in [0.717, 1.165) is 5.57 Å². The fourth-order valence-corrected chi connectivity index (χ4v) is 10.2. The minimum atomic E-state index is -1.15. The Bertz CT molecular complexity index is 1580. The number of aliphatic hydroxyl groups is 11. The number of hydrogen-bond donors (Lipinski definition) is 12.